The number of carbonyl (C=O) groups excluding carboxylic acids is 2. The smallest absolute Gasteiger partial charge is 0.257 e. The third kappa shape index (κ3) is 2.93. The van der Waals surface area contributed by atoms with Crippen LogP contribution in [0.3, 0.4) is 0 Å². The van der Waals surface area contributed by atoms with E-state index in [1.54, 1.807) is 0 Å². The van der Waals surface area contributed by atoms with E-state index < -0.39 is 6.89 Å². The monoisotopic (exact) mass is 387 g/mol. The van der Waals surface area contributed by atoms with E-state index in [2.05, 4.69) is 36.4 Å². The van der Waals surface area contributed by atoms with Crippen molar-refractivity contribution in [3.05, 3.63) is 91.0 Å². The van der Waals surface area contributed by atoms with Crippen molar-refractivity contribution < 1.29 is 9.59 Å². The van der Waals surface area contributed by atoms with Crippen molar-refractivity contribution in [2.24, 2.45) is 0 Å². The number of nitrogens with zero attached hydrogens (tertiary/aromatic N) is 1. The maximum Gasteiger partial charge on any atom is 0.257 e. The Hall–Kier alpha value is -2.90. The predicted octanol–water partition coefficient (Wildman–Crippen LogP) is 2.93. The molecule has 0 saturated carbocycles. The molecule has 0 N–H and O–H groups in total. The molecule has 140 valence electrons. The Labute approximate surface area is 165 Å². The van der Waals surface area contributed by atoms with Gasteiger partial charge in [0, 0.05) is 18.8 Å². The molecule has 1 heterocycles. The quantitative estimate of drug-likeness (QED) is 0.648. The van der Waals surface area contributed by atoms with E-state index in [0.717, 1.165) is 21.2 Å². The number of amides is 2. The topological polar surface area (TPSA) is 37.4 Å². The Balaban J connectivity index is 2.17. The van der Waals surface area contributed by atoms with Gasteiger partial charge in [0.2, 0.25) is 5.91 Å². The summed E-state index contributed by atoms with van der Waals surface area (Å²) in [7, 11) is 0. The number of carbonyl (C=O) groups is 2. The standard InChI is InChI=1S/C24H22NO2P/c1-19(26)25-18-17-23(24(25)27)28(20-11-5-2-6-12-20,21-13-7-3-8-14-21)22-15-9-4-10-16-22/h2-16H,17-18H2,1H3. The lowest BCUT2D eigenvalue weighted by Gasteiger charge is -2.31. The fraction of sp³-hybridized carbons (Fsp3) is 0.125. The summed E-state index contributed by atoms with van der Waals surface area (Å²) in [4.78, 5) is 26.8. The molecule has 1 saturated heterocycles. The van der Waals surface area contributed by atoms with Crippen LogP contribution in [0.5, 0.6) is 0 Å². The molecule has 28 heavy (non-hydrogen) atoms. The molecule has 0 atom stereocenters. The fourth-order valence-corrected chi connectivity index (χ4v) is 8.59. The van der Waals surface area contributed by atoms with Crippen molar-refractivity contribution in [3.63, 3.8) is 0 Å². The van der Waals surface area contributed by atoms with Crippen LogP contribution in [0.1, 0.15) is 13.3 Å². The Kier molecular flexibility index (Phi) is 5.02. The highest BCUT2D eigenvalue weighted by molar-refractivity contribution is 7.96. The molecule has 3 nitrogen and oxygen atoms in total. The third-order valence-corrected chi connectivity index (χ3v) is 9.72. The van der Waals surface area contributed by atoms with Gasteiger partial charge in [0.1, 0.15) is 0 Å². The highest BCUT2D eigenvalue weighted by Gasteiger charge is 2.39. The maximum absolute atomic E-state index is 13.4. The van der Waals surface area contributed by atoms with Gasteiger partial charge in [0.05, 0.1) is 0 Å². The largest absolute Gasteiger partial charge is 0.279 e. The molecular formula is C24H22NO2P. The summed E-state index contributed by atoms with van der Waals surface area (Å²) in [6, 6.07) is 30.8. The van der Waals surface area contributed by atoms with Gasteiger partial charge < -0.3 is 0 Å². The zero-order valence-corrected chi connectivity index (χ0v) is 16.7. The molecule has 0 spiro atoms. The van der Waals surface area contributed by atoms with Crippen molar-refractivity contribution in [1.29, 1.82) is 0 Å². The van der Waals surface area contributed by atoms with Gasteiger partial charge in [-0.15, -0.1) is 0 Å². The first-order chi connectivity index (χ1) is 13.7. The number of hydrogen-bond acceptors (Lipinski definition) is 2. The van der Waals surface area contributed by atoms with Crippen LogP contribution in [0, 0.1) is 0 Å². The molecule has 0 unspecified atom stereocenters. The summed E-state index contributed by atoms with van der Waals surface area (Å²) in [5.41, 5.74) is 0. The van der Waals surface area contributed by atoms with Gasteiger partial charge in [-0.3, -0.25) is 14.5 Å². The van der Waals surface area contributed by atoms with Gasteiger partial charge in [0.25, 0.3) is 5.91 Å². The molecule has 3 aromatic carbocycles. The van der Waals surface area contributed by atoms with Crippen molar-refractivity contribution >= 4 is 39.9 Å². The number of rotatable bonds is 3. The van der Waals surface area contributed by atoms with Crippen LogP contribution in [-0.2, 0) is 9.59 Å². The molecular weight excluding hydrogens is 365 g/mol. The zero-order valence-electron chi connectivity index (χ0n) is 15.8. The summed E-state index contributed by atoms with van der Waals surface area (Å²) in [6.45, 7) is -0.438. The molecule has 0 radical (unpaired) electrons. The number of hydrogen-bond donors (Lipinski definition) is 0. The lowest BCUT2D eigenvalue weighted by atomic mass is 10.3. The molecule has 0 bridgehead atoms. The molecule has 4 rings (SSSR count). The highest BCUT2D eigenvalue weighted by atomic mass is 31.2. The van der Waals surface area contributed by atoms with Crippen LogP contribution in [-0.4, -0.2) is 28.6 Å². The summed E-state index contributed by atoms with van der Waals surface area (Å²) >= 11 is 0. The molecule has 0 aliphatic carbocycles. The Morgan fingerprint density at radius 2 is 1.14 bits per heavy atom. The van der Waals surface area contributed by atoms with E-state index in [-0.39, 0.29) is 11.8 Å². The van der Waals surface area contributed by atoms with Gasteiger partial charge in [-0.25, -0.2) is 0 Å². The number of benzene rings is 3. The van der Waals surface area contributed by atoms with Crippen LogP contribution >= 0.6 is 6.89 Å². The van der Waals surface area contributed by atoms with E-state index >= 15 is 0 Å². The maximum atomic E-state index is 13.4. The van der Waals surface area contributed by atoms with Crippen LogP contribution in [0.25, 0.3) is 0 Å². The molecule has 1 aliphatic heterocycles. The van der Waals surface area contributed by atoms with E-state index in [9.17, 15) is 9.59 Å². The van der Waals surface area contributed by atoms with Gasteiger partial charge in [0.15, 0.2) is 0 Å². The summed E-state index contributed by atoms with van der Waals surface area (Å²) in [6.07, 6.45) is 0.602. The van der Waals surface area contributed by atoms with E-state index in [4.69, 9.17) is 0 Å². The van der Waals surface area contributed by atoms with Gasteiger partial charge >= 0.3 is 0 Å². The zero-order chi connectivity index (χ0) is 19.6. The van der Waals surface area contributed by atoms with Crippen molar-refractivity contribution in [3.8, 4) is 0 Å². The van der Waals surface area contributed by atoms with E-state index in [0.29, 0.717) is 13.0 Å². The number of likely N-dealkylation sites (tertiary alicyclic amines) is 1. The minimum Gasteiger partial charge on any atom is -0.279 e. The second-order valence-corrected chi connectivity index (χ2v) is 10.3. The lowest BCUT2D eigenvalue weighted by Crippen LogP contribution is -2.36. The minimum absolute atomic E-state index is 0.127. The third-order valence-electron chi connectivity index (χ3n) is 5.28. The first kappa shape index (κ1) is 18.5. The molecule has 1 fully saturated rings. The number of imide groups is 1. The lowest BCUT2D eigenvalue weighted by molar-refractivity contribution is -0.137. The first-order valence-electron chi connectivity index (χ1n) is 9.40. The van der Waals surface area contributed by atoms with Gasteiger partial charge in [-0.2, -0.15) is 0 Å². The van der Waals surface area contributed by atoms with Crippen LogP contribution < -0.4 is 15.9 Å². The minimum atomic E-state index is -2.36. The second kappa shape index (κ2) is 7.61. The van der Waals surface area contributed by atoms with Crippen LogP contribution in [0.4, 0.5) is 0 Å². The van der Waals surface area contributed by atoms with Gasteiger partial charge in [-0.05, 0) is 29.2 Å². The van der Waals surface area contributed by atoms with Gasteiger partial charge in [-0.1, -0.05) is 91.0 Å². The van der Waals surface area contributed by atoms with Crippen LogP contribution in [0.2, 0.25) is 0 Å². The van der Waals surface area contributed by atoms with E-state index in [1.807, 2.05) is 54.6 Å². The molecule has 0 aromatic heterocycles. The molecule has 4 heteroatoms. The van der Waals surface area contributed by atoms with Crippen molar-refractivity contribution in [2.75, 3.05) is 6.54 Å². The Morgan fingerprint density at radius 3 is 1.46 bits per heavy atom. The normalized spacial score (nSPS) is 14.4. The molecule has 3 aromatic rings. The average molecular weight is 387 g/mol. The highest BCUT2D eigenvalue weighted by Crippen LogP contribution is 2.48. The second-order valence-electron chi connectivity index (χ2n) is 6.85. The summed E-state index contributed by atoms with van der Waals surface area (Å²) in [5.74, 6) is -0.315. The SMILES string of the molecule is CC(=O)N1CCC(=P(c2ccccc2)(c2ccccc2)c2ccccc2)C1=O. The van der Waals surface area contributed by atoms with Crippen LogP contribution in [0.15, 0.2) is 91.0 Å². The Morgan fingerprint density at radius 1 is 0.750 bits per heavy atom. The van der Waals surface area contributed by atoms with Crippen molar-refractivity contribution in [1.82, 2.24) is 4.90 Å². The van der Waals surface area contributed by atoms with E-state index in [1.165, 1.54) is 11.8 Å². The first-order valence-corrected chi connectivity index (χ1v) is 11.2. The van der Waals surface area contributed by atoms with Crippen molar-refractivity contribution in [2.45, 2.75) is 13.3 Å². The Bertz CT molecular complexity index is 956. The molecule has 1 aliphatic rings. The average Bonchev–Trinajstić information content (AvgIpc) is 3.13. The summed E-state index contributed by atoms with van der Waals surface area (Å²) in [5, 5.41) is 4.27. The molecule has 2 amide bonds. The fourth-order valence-electron chi connectivity index (χ4n) is 4.06. The summed E-state index contributed by atoms with van der Waals surface area (Å²) < 4.78 is 0. The predicted molar refractivity (Wildman–Crippen MR) is 117 cm³/mol.